The number of morpholine rings is 1. The van der Waals surface area contributed by atoms with Gasteiger partial charge in [0.1, 0.15) is 5.56 Å². The summed E-state index contributed by atoms with van der Waals surface area (Å²) < 4.78 is 7.12. The van der Waals surface area contributed by atoms with Gasteiger partial charge in [0.25, 0.3) is 5.91 Å². The van der Waals surface area contributed by atoms with E-state index in [1.807, 2.05) is 60.7 Å². The highest BCUT2D eigenvalue weighted by molar-refractivity contribution is 6.08. The average Bonchev–Trinajstić information content (AvgIpc) is 3.25. The Morgan fingerprint density at radius 3 is 2.67 bits per heavy atom. The van der Waals surface area contributed by atoms with Gasteiger partial charge in [0.05, 0.1) is 25.1 Å². The summed E-state index contributed by atoms with van der Waals surface area (Å²) in [4.78, 5) is 19.6. The Morgan fingerprint density at radius 2 is 1.83 bits per heavy atom. The first-order chi connectivity index (χ1) is 14.8. The first-order valence-electron chi connectivity index (χ1n) is 9.92. The molecule has 7 nitrogen and oxygen atoms in total. The number of benzene rings is 2. The van der Waals surface area contributed by atoms with E-state index in [0.717, 1.165) is 35.7 Å². The standard InChI is InChI=1S/C23H21N5O2/c29-23(26-18-7-4-8-19(15-18)27-11-13-30-14-12-27)20-16-25-28-21(9-10-24-22(20)28)17-5-2-1-3-6-17/h1-10,15-16H,11-14H2,(H,26,29). The largest absolute Gasteiger partial charge is 0.378 e. The van der Waals surface area contributed by atoms with Crippen molar-refractivity contribution >= 4 is 22.9 Å². The van der Waals surface area contributed by atoms with Crippen molar-refractivity contribution < 1.29 is 9.53 Å². The lowest BCUT2D eigenvalue weighted by molar-refractivity contribution is 0.102. The maximum absolute atomic E-state index is 13.0. The third-order valence-corrected chi connectivity index (χ3v) is 5.20. The predicted octanol–water partition coefficient (Wildman–Crippen LogP) is 3.49. The molecule has 150 valence electrons. The highest BCUT2D eigenvalue weighted by Crippen LogP contribution is 2.23. The molecule has 1 fully saturated rings. The van der Waals surface area contributed by atoms with Crippen LogP contribution in [0.15, 0.2) is 73.1 Å². The molecule has 5 rings (SSSR count). The van der Waals surface area contributed by atoms with Gasteiger partial charge in [0.2, 0.25) is 0 Å². The van der Waals surface area contributed by atoms with Gasteiger partial charge in [-0.3, -0.25) is 4.79 Å². The molecule has 1 aliphatic heterocycles. The third-order valence-electron chi connectivity index (χ3n) is 5.20. The molecule has 1 saturated heterocycles. The van der Waals surface area contributed by atoms with Crippen LogP contribution < -0.4 is 10.2 Å². The number of nitrogens with one attached hydrogen (secondary N) is 1. The summed E-state index contributed by atoms with van der Waals surface area (Å²) in [6, 6.07) is 19.7. The summed E-state index contributed by atoms with van der Waals surface area (Å²) >= 11 is 0. The van der Waals surface area contributed by atoms with Crippen LogP contribution in [0.4, 0.5) is 11.4 Å². The number of rotatable bonds is 4. The van der Waals surface area contributed by atoms with E-state index in [1.54, 1.807) is 16.9 Å². The van der Waals surface area contributed by atoms with Gasteiger partial charge in [-0.2, -0.15) is 5.10 Å². The van der Waals surface area contributed by atoms with Crippen molar-refractivity contribution in [1.82, 2.24) is 14.6 Å². The third kappa shape index (κ3) is 3.51. The van der Waals surface area contributed by atoms with E-state index in [2.05, 4.69) is 20.3 Å². The van der Waals surface area contributed by atoms with Gasteiger partial charge in [-0.25, -0.2) is 9.50 Å². The molecule has 1 N–H and O–H groups in total. The van der Waals surface area contributed by atoms with Gasteiger partial charge in [-0.15, -0.1) is 0 Å². The molecule has 2 aromatic carbocycles. The van der Waals surface area contributed by atoms with Crippen molar-refractivity contribution in [3.63, 3.8) is 0 Å². The maximum atomic E-state index is 13.0. The molecule has 1 amide bonds. The number of aromatic nitrogens is 3. The summed E-state index contributed by atoms with van der Waals surface area (Å²) in [7, 11) is 0. The number of ether oxygens (including phenoxy) is 1. The summed E-state index contributed by atoms with van der Waals surface area (Å²) in [5.74, 6) is -0.234. The molecular formula is C23H21N5O2. The fourth-order valence-corrected chi connectivity index (χ4v) is 3.68. The van der Waals surface area contributed by atoms with E-state index < -0.39 is 0 Å². The minimum atomic E-state index is -0.234. The number of fused-ring (bicyclic) bond motifs is 1. The SMILES string of the molecule is O=C(Nc1cccc(N2CCOCC2)c1)c1cnn2c(-c3ccccc3)ccnc12. The van der Waals surface area contributed by atoms with Crippen molar-refractivity contribution in [2.24, 2.45) is 0 Å². The monoisotopic (exact) mass is 399 g/mol. The number of amides is 1. The van der Waals surface area contributed by atoms with Gasteiger partial charge in [0.15, 0.2) is 5.65 Å². The lowest BCUT2D eigenvalue weighted by Gasteiger charge is -2.29. The lowest BCUT2D eigenvalue weighted by Crippen LogP contribution is -2.36. The van der Waals surface area contributed by atoms with Crippen molar-refractivity contribution in [2.75, 3.05) is 36.5 Å². The highest BCUT2D eigenvalue weighted by atomic mass is 16.5. The van der Waals surface area contributed by atoms with Crippen LogP contribution in [0.3, 0.4) is 0 Å². The normalized spacial score (nSPS) is 14.1. The van der Waals surface area contributed by atoms with E-state index in [-0.39, 0.29) is 5.91 Å². The Labute approximate surface area is 173 Å². The molecule has 0 bridgehead atoms. The fraction of sp³-hybridized carbons (Fsp3) is 0.174. The number of anilines is 2. The molecule has 0 unspecified atom stereocenters. The first-order valence-corrected chi connectivity index (χ1v) is 9.92. The van der Waals surface area contributed by atoms with Crippen molar-refractivity contribution in [3.05, 3.63) is 78.6 Å². The molecule has 0 saturated carbocycles. The zero-order valence-corrected chi connectivity index (χ0v) is 16.4. The Morgan fingerprint density at radius 1 is 1.00 bits per heavy atom. The summed E-state index contributed by atoms with van der Waals surface area (Å²) in [5, 5.41) is 7.40. The number of nitrogens with zero attached hydrogens (tertiary/aromatic N) is 4. The van der Waals surface area contributed by atoms with Gasteiger partial charge in [-0.1, -0.05) is 36.4 Å². The van der Waals surface area contributed by atoms with Crippen LogP contribution in [0.25, 0.3) is 16.9 Å². The highest BCUT2D eigenvalue weighted by Gasteiger charge is 2.17. The number of carbonyl (C=O) groups is 1. The van der Waals surface area contributed by atoms with Crippen molar-refractivity contribution in [3.8, 4) is 11.3 Å². The smallest absolute Gasteiger partial charge is 0.261 e. The van der Waals surface area contributed by atoms with Crippen LogP contribution in [0.1, 0.15) is 10.4 Å². The van der Waals surface area contributed by atoms with Gasteiger partial charge < -0.3 is 15.0 Å². The van der Waals surface area contributed by atoms with E-state index in [4.69, 9.17) is 4.74 Å². The predicted molar refractivity (Wildman–Crippen MR) is 116 cm³/mol. The average molecular weight is 399 g/mol. The van der Waals surface area contributed by atoms with E-state index in [9.17, 15) is 4.79 Å². The molecule has 30 heavy (non-hydrogen) atoms. The molecule has 1 aliphatic rings. The summed E-state index contributed by atoms with van der Waals surface area (Å²) in [6.45, 7) is 3.12. The van der Waals surface area contributed by atoms with Crippen LogP contribution >= 0.6 is 0 Å². The van der Waals surface area contributed by atoms with Gasteiger partial charge in [-0.05, 0) is 24.3 Å². The molecule has 0 aliphatic carbocycles. The Bertz CT molecular complexity index is 1180. The second-order valence-electron chi connectivity index (χ2n) is 7.09. The second-order valence-corrected chi connectivity index (χ2v) is 7.09. The van der Waals surface area contributed by atoms with E-state index in [1.165, 1.54) is 0 Å². The van der Waals surface area contributed by atoms with E-state index >= 15 is 0 Å². The first kappa shape index (κ1) is 18.3. The minimum absolute atomic E-state index is 0.234. The van der Waals surface area contributed by atoms with Crippen molar-refractivity contribution in [2.45, 2.75) is 0 Å². The Hall–Kier alpha value is -3.71. The van der Waals surface area contributed by atoms with Crippen LogP contribution in [0.2, 0.25) is 0 Å². The molecule has 0 atom stereocenters. The molecule has 2 aromatic heterocycles. The van der Waals surface area contributed by atoms with E-state index in [0.29, 0.717) is 24.4 Å². The van der Waals surface area contributed by atoms with Crippen LogP contribution in [-0.4, -0.2) is 46.8 Å². The Balaban J connectivity index is 1.42. The number of hydrogen-bond donors (Lipinski definition) is 1. The van der Waals surface area contributed by atoms with Crippen LogP contribution in [0.5, 0.6) is 0 Å². The molecule has 4 aromatic rings. The maximum Gasteiger partial charge on any atom is 0.261 e. The molecule has 0 spiro atoms. The topological polar surface area (TPSA) is 71.8 Å². The summed E-state index contributed by atoms with van der Waals surface area (Å²) in [6.07, 6.45) is 3.27. The van der Waals surface area contributed by atoms with Crippen LogP contribution in [0, 0.1) is 0 Å². The lowest BCUT2D eigenvalue weighted by atomic mass is 10.1. The van der Waals surface area contributed by atoms with Gasteiger partial charge in [0, 0.05) is 36.2 Å². The zero-order valence-electron chi connectivity index (χ0n) is 16.4. The Kier molecular flexibility index (Phi) is 4.86. The molecule has 7 heteroatoms. The molecular weight excluding hydrogens is 378 g/mol. The minimum Gasteiger partial charge on any atom is -0.378 e. The zero-order chi connectivity index (χ0) is 20.3. The van der Waals surface area contributed by atoms with Crippen LogP contribution in [-0.2, 0) is 4.74 Å². The quantitative estimate of drug-likeness (QED) is 0.569. The van der Waals surface area contributed by atoms with Crippen molar-refractivity contribution in [1.29, 1.82) is 0 Å². The second kappa shape index (κ2) is 7.96. The number of hydrogen-bond acceptors (Lipinski definition) is 5. The molecule has 0 radical (unpaired) electrons. The molecule has 3 heterocycles. The fourth-order valence-electron chi connectivity index (χ4n) is 3.68. The summed E-state index contributed by atoms with van der Waals surface area (Å²) in [5.41, 5.74) is 4.66. The van der Waals surface area contributed by atoms with Gasteiger partial charge >= 0.3 is 0 Å². The number of carbonyl (C=O) groups excluding carboxylic acids is 1.